The smallest absolute Gasteiger partial charge is 0.264 e. The summed E-state index contributed by atoms with van der Waals surface area (Å²) in [6.45, 7) is 1.90. The Bertz CT molecular complexity index is 2540. The van der Waals surface area contributed by atoms with Crippen molar-refractivity contribution in [2.75, 3.05) is 43.4 Å². The Labute approximate surface area is 342 Å². The van der Waals surface area contributed by atoms with Gasteiger partial charge in [-0.2, -0.15) is 5.10 Å². The van der Waals surface area contributed by atoms with E-state index in [0.29, 0.717) is 75.1 Å². The zero-order valence-electron chi connectivity index (χ0n) is 32.6. The average molecular weight is 816 g/mol. The van der Waals surface area contributed by atoms with Crippen molar-refractivity contribution >= 4 is 58.3 Å². The van der Waals surface area contributed by atoms with Crippen LogP contribution in [-0.2, 0) is 14.4 Å². The van der Waals surface area contributed by atoms with Crippen LogP contribution in [0.15, 0.2) is 61.2 Å². The maximum Gasteiger partial charge on any atom is 0.264 e. The summed E-state index contributed by atoms with van der Waals surface area (Å²) in [7, 11) is 0. The molecule has 4 aliphatic rings. The van der Waals surface area contributed by atoms with Gasteiger partial charge in [-0.05, 0) is 62.4 Å². The monoisotopic (exact) mass is 815 g/mol. The van der Waals surface area contributed by atoms with Crippen molar-refractivity contribution < 1.29 is 33.2 Å². The largest absolute Gasteiger partial charge is 0.384 e. The number of amides is 6. The molecule has 4 N–H and O–H groups in total. The first-order valence-corrected chi connectivity index (χ1v) is 20.2. The van der Waals surface area contributed by atoms with Crippen LogP contribution in [0.5, 0.6) is 0 Å². The highest BCUT2D eigenvalue weighted by Gasteiger charge is 2.45. The first kappa shape index (κ1) is 38.5. The first-order valence-electron chi connectivity index (χ1n) is 20.2. The van der Waals surface area contributed by atoms with Gasteiger partial charge >= 0.3 is 0 Å². The number of fused-ring (bicyclic) bond motifs is 2. The van der Waals surface area contributed by atoms with Crippen molar-refractivity contribution in [3.05, 3.63) is 89.4 Å². The molecule has 6 heterocycles. The SMILES string of the molecule is O=C1CCC(N2C(=O)c3cccc(NCCCCCC(=O)N4CCN(C(=O)c5ccc(Nc6nc(C7CC7)cn7c(-c8cn[nH]c8)cnc67)c(F)c5)CC4)c3C2=O)C(=O)N1. The van der Waals surface area contributed by atoms with E-state index in [1.165, 1.54) is 12.1 Å². The quantitative estimate of drug-likeness (QED) is 0.0977. The first-order chi connectivity index (χ1) is 29.1. The van der Waals surface area contributed by atoms with Crippen LogP contribution in [0.3, 0.4) is 0 Å². The lowest BCUT2D eigenvalue weighted by atomic mass is 10.0. The summed E-state index contributed by atoms with van der Waals surface area (Å²) < 4.78 is 17.5. The van der Waals surface area contributed by atoms with E-state index in [0.717, 1.165) is 41.1 Å². The maximum absolute atomic E-state index is 15.6. The van der Waals surface area contributed by atoms with Crippen LogP contribution in [0.2, 0.25) is 0 Å². The minimum absolute atomic E-state index is 0.00195. The molecule has 1 atom stereocenters. The third-order valence-electron chi connectivity index (χ3n) is 11.5. The number of nitrogens with zero attached hydrogens (tertiary/aromatic N) is 7. The van der Waals surface area contributed by atoms with E-state index in [1.54, 1.807) is 52.7 Å². The summed E-state index contributed by atoms with van der Waals surface area (Å²) in [6.07, 6.45) is 11.8. The molecule has 17 nitrogen and oxygen atoms in total. The van der Waals surface area contributed by atoms with E-state index in [-0.39, 0.29) is 47.0 Å². The number of aromatic nitrogens is 5. The van der Waals surface area contributed by atoms with Crippen LogP contribution in [0.1, 0.15) is 94.1 Å². The molecule has 60 heavy (non-hydrogen) atoms. The van der Waals surface area contributed by atoms with Crippen LogP contribution in [0.25, 0.3) is 16.9 Å². The number of rotatable bonds is 13. The summed E-state index contributed by atoms with van der Waals surface area (Å²) in [6, 6.07) is 8.24. The van der Waals surface area contributed by atoms with Crippen molar-refractivity contribution in [1.82, 2.24) is 44.6 Å². The van der Waals surface area contributed by atoms with Gasteiger partial charge in [0.05, 0.1) is 40.6 Å². The molecular formula is C42H42FN11O6. The van der Waals surface area contributed by atoms with Gasteiger partial charge < -0.3 is 20.4 Å². The molecule has 3 aromatic heterocycles. The molecule has 308 valence electrons. The molecule has 1 aliphatic carbocycles. The minimum atomic E-state index is -1.03. The second-order valence-electron chi connectivity index (χ2n) is 15.5. The van der Waals surface area contributed by atoms with Gasteiger partial charge in [-0.15, -0.1) is 0 Å². The average Bonchev–Trinajstić information content (AvgIpc) is 3.67. The van der Waals surface area contributed by atoms with Gasteiger partial charge in [-0.25, -0.2) is 14.4 Å². The number of carbonyl (C=O) groups is 6. The van der Waals surface area contributed by atoms with E-state index in [1.807, 2.05) is 10.6 Å². The predicted molar refractivity (Wildman–Crippen MR) is 215 cm³/mol. The Morgan fingerprint density at radius 1 is 0.900 bits per heavy atom. The third-order valence-corrected chi connectivity index (χ3v) is 11.5. The van der Waals surface area contributed by atoms with Crippen LogP contribution >= 0.6 is 0 Å². The minimum Gasteiger partial charge on any atom is -0.384 e. The number of carbonyl (C=O) groups excluding carboxylic acids is 6. The molecule has 6 amide bonds. The normalized spacial score (nSPS) is 17.9. The fourth-order valence-corrected chi connectivity index (χ4v) is 8.11. The highest BCUT2D eigenvalue weighted by Crippen LogP contribution is 2.41. The number of H-pyrrole nitrogens is 1. The summed E-state index contributed by atoms with van der Waals surface area (Å²) in [5.74, 6) is -2.39. The predicted octanol–water partition coefficient (Wildman–Crippen LogP) is 4.24. The van der Waals surface area contributed by atoms with Gasteiger partial charge in [0.2, 0.25) is 17.7 Å². The molecular weight excluding hydrogens is 774 g/mol. The third kappa shape index (κ3) is 7.44. The molecule has 5 aromatic rings. The summed E-state index contributed by atoms with van der Waals surface area (Å²) >= 11 is 0. The zero-order valence-corrected chi connectivity index (χ0v) is 32.6. The molecule has 18 heteroatoms. The fourth-order valence-electron chi connectivity index (χ4n) is 8.11. The molecule has 3 fully saturated rings. The lowest BCUT2D eigenvalue weighted by molar-refractivity contribution is -0.136. The maximum atomic E-state index is 15.6. The number of hydrogen-bond donors (Lipinski definition) is 4. The van der Waals surface area contributed by atoms with Crippen molar-refractivity contribution in [2.45, 2.75) is 63.3 Å². The second-order valence-corrected chi connectivity index (χ2v) is 15.5. The molecule has 1 saturated carbocycles. The van der Waals surface area contributed by atoms with Crippen molar-refractivity contribution in [3.63, 3.8) is 0 Å². The van der Waals surface area contributed by atoms with Crippen molar-refractivity contribution in [3.8, 4) is 11.3 Å². The molecule has 9 rings (SSSR count). The van der Waals surface area contributed by atoms with Crippen LogP contribution < -0.4 is 16.0 Å². The van der Waals surface area contributed by atoms with E-state index in [4.69, 9.17) is 4.98 Å². The Balaban J connectivity index is 0.734. The number of imide groups is 2. The summed E-state index contributed by atoms with van der Waals surface area (Å²) in [5.41, 5.74) is 4.40. The number of benzene rings is 2. The number of anilines is 3. The van der Waals surface area contributed by atoms with Gasteiger partial charge in [0.1, 0.15) is 11.9 Å². The number of hydrogen-bond acceptors (Lipinski definition) is 11. The number of piperidine rings is 1. The number of unbranched alkanes of at least 4 members (excludes halogenated alkanes) is 2. The number of halogens is 1. The Hall–Kier alpha value is -6.98. The van der Waals surface area contributed by atoms with Crippen molar-refractivity contribution in [2.24, 2.45) is 0 Å². The topological polar surface area (TPSA) is 207 Å². The molecule has 0 radical (unpaired) electrons. The van der Waals surface area contributed by atoms with Gasteiger partial charge in [0.15, 0.2) is 11.5 Å². The molecule has 3 aliphatic heterocycles. The number of nitrogens with one attached hydrogen (secondary N) is 4. The summed E-state index contributed by atoms with van der Waals surface area (Å²) in [4.78, 5) is 90.6. The fraction of sp³-hybridized carbons (Fsp3) is 0.357. The van der Waals surface area contributed by atoms with Gasteiger partial charge in [0.25, 0.3) is 17.7 Å². The highest BCUT2D eigenvalue weighted by molar-refractivity contribution is 6.25. The lowest BCUT2D eigenvalue weighted by Crippen LogP contribution is -2.54. The van der Waals surface area contributed by atoms with E-state index in [2.05, 4.69) is 31.1 Å². The van der Waals surface area contributed by atoms with E-state index < -0.39 is 35.5 Å². The zero-order chi connectivity index (χ0) is 41.5. The Morgan fingerprint density at radius 2 is 1.72 bits per heavy atom. The van der Waals surface area contributed by atoms with Gasteiger partial charge in [0, 0.05) is 80.7 Å². The standard InChI is InChI=1S/C42H42FN11O6/c43-28-19-25(10-11-29(28)48-37-38-45-22-33(26-20-46-47-21-26)53(38)23-31(49-37)24-8-9-24)40(58)52-17-15-51(16-18-52)35(56)7-2-1-3-14-44-30-6-4-5-27-36(30)42(60)54(41(27)59)32-12-13-34(55)50-39(32)57/h4-6,10-11,19-24,32,44H,1-3,7-9,12-18H2,(H,46,47)(H,48,49)(H,50,55,57). The Morgan fingerprint density at radius 3 is 2.47 bits per heavy atom. The molecule has 0 bridgehead atoms. The highest BCUT2D eigenvalue weighted by atomic mass is 19.1. The number of piperazine rings is 1. The number of imidazole rings is 1. The van der Waals surface area contributed by atoms with E-state index >= 15 is 4.39 Å². The van der Waals surface area contributed by atoms with Crippen LogP contribution in [-0.4, -0.2) is 113 Å². The summed E-state index contributed by atoms with van der Waals surface area (Å²) in [5, 5.41) is 15.4. The molecule has 2 aromatic carbocycles. The van der Waals surface area contributed by atoms with Crippen LogP contribution in [0, 0.1) is 5.82 Å². The van der Waals surface area contributed by atoms with E-state index in [9.17, 15) is 28.8 Å². The molecule has 0 spiro atoms. The number of aromatic amines is 1. The van der Waals surface area contributed by atoms with Gasteiger partial charge in [-0.1, -0.05) is 12.5 Å². The Kier molecular flexibility index (Phi) is 10.3. The second kappa shape index (κ2) is 16.0. The van der Waals surface area contributed by atoms with Gasteiger partial charge in [-0.3, -0.25) is 48.5 Å². The molecule has 1 unspecified atom stereocenters. The van der Waals surface area contributed by atoms with Crippen LogP contribution in [0.4, 0.5) is 21.6 Å². The lowest BCUT2D eigenvalue weighted by Gasteiger charge is -2.35. The van der Waals surface area contributed by atoms with Crippen molar-refractivity contribution in [1.29, 1.82) is 0 Å². The molecule has 2 saturated heterocycles.